The van der Waals surface area contributed by atoms with Crippen LogP contribution in [0.2, 0.25) is 0 Å². The van der Waals surface area contributed by atoms with E-state index < -0.39 is 29.7 Å². The number of halogens is 2. The monoisotopic (exact) mass is 538 g/mol. The number of nitrogens with zero attached hydrogens (tertiary/aromatic N) is 3. The van der Waals surface area contributed by atoms with Crippen LogP contribution in [0.15, 0.2) is 72.5 Å². The highest BCUT2D eigenvalue weighted by molar-refractivity contribution is 5.96. The average Bonchev–Trinajstić information content (AvgIpc) is 2.90. The highest BCUT2D eigenvalue weighted by Crippen LogP contribution is 2.33. The molecule has 1 fully saturated rings. The molecule has 1 saturated heterocycles. The molecule has 0 saturated carbocycles. The third kappa shape index (κ3) is 6.01. The molecule has 2 aliphatic rings. The van der Waals surface area contributed by atoms with E-state index in [0.717, 1.165) is 0 Å². The SMILES string of the molecule is C=CCN1C(=O)NC(c2cccc(F)c2)C(C(=O)OCC)=C1CN1CCN(C(=O)c2ccccc2F)C(C)C1. The van der Waals surface area contributed by atoms with Crippen LogP contribution in [0.5, 0.6) is 0 Å². The van der Waals surface area contributed by atoms with Crippen LogP contribution in [0.1, 0.15) is 35.8 Å². The van der Waals surface area contributed by atoms with Crippen LogP contribution in [0.3, 0.4) is 0 Å². The van der Waals surface area contributed by atoms with Gasteiger partial charge in [-0.3, -0.25) is 14.6 Å². The number of amides is 3. The van der Waals surface area contributed by atoms with E-state index in [4.69, 9.17) is 4.74 Å². The van der Waals surface area contributed by atoms with Crippen molar-refractivity contribution in [3.05, 3.63) is 95.2 Å². The predicted molar refractivity (Wildman–Crippen MR) is 142 cm³/mol. The maximum absolute atomic E-state index is 14.3. The number of nitrogens with one attached hydrogen (secondary N) is 1. The molecule has 2 atom stereocenters. The molecule has 0 radical (unpaired) electrons. The van der Waals surface area contributed by atoms with Crippen molar-refractivity contribution in [2.45, 2.75) is 25.9 Å². The molecule has 2 aromatic rings. The van der Waals surface area contributed by atoms with Gasteiger partial charge in [-0.2, -0.15) is 0 Å². The minimum Gasteiger partial charge on any atom is -0.463 e. The third-order valence-corrected chi connectivity index (χ3v) is 6.88. The van der Waals surface area contributed by atoms with Crippen molar-refractivity contribution in [2.75, 3.05) is 39.3 Å². The van der Waals surface area contributed by atoms with Gasteiger partial charge in [0.15, 0.2) is 0 Å². The summed E-state index contributed by atoms with van der Waals surface area (Å²) in [5.74, 6) is -2.07. The van der Waals surface area contributed by atoms with E-state index in [-0.39, 0.29) is 42.8 Å². The van der Waals surface area contributed by atoms with Gasteiger partial charge in [0.25, 0.3) is 5.91 Å². The van der Waals surface area contributed by atoms with Crippen molar-refractivity contribution in [1.82, 2.24) is 20.0 Å². The first-order valence-corrected chi connectivity index (χ1v) is 12.9. The molecule has 2 aliphatic heterocycles. The van der Waals surface area contributed by atoms with Gasteiger partial charge in [-0.1, -0.05) is 30.3 Å². The summed E-state index contributed by atoms with van der Waals surface area (Å²) in [6.07, 6.45) is 1.55. The van der Waals surface area contributed by atoms with Crippen molar-refractivity contribution in [3.8, 4) is 0 Å². The average molecular weight is 539 g/mol. The third-order valence-electron chi connectivity index (χ3n) is 6.88. The second-order valence-corrected chi connectivity index (χ2v) is 9.48. The molecule has 0 spiro atoms. The quantitative estimate of drug-likeness (QED) is 0.408. The Morgan fingerprint density at radius 1 is 1.15 bits per heavy atom. The number of ether oxygens (including phenoxy) is 1. The van der Waals surface area contributed by atoms with Crippen molar-refractivity contribution < 1.29 is 27.9 Å². The Hall–Kier alpha value is -4.05. The summed E-state index contributed by atoms with van der Waals surface area (Å²) in [5, 5.41) is 2.81. The summed E-state index contributed by atoms with van der Waals surface area (Å²) in [4.78, 5) is 44.6. The minimum absolute atomic E-state index is 0.0177. The lowest BCUT2D eigenvalue weighted by Gasteiger charge is -2.43. The fourth-order valence-electron chi connectivity index (χ4n) is 5.06. The predicted octanol–water partition coefficient (Wildman–Crippen LogP) is 3.88. The Bertz CT molecular complexity index is 1300. The summed E-state index contributed by atoms with van der Waals surface area (Å²) >= 11 is 0. The van der Waals surface area contributed by atoms with E-state index in [1.807, 2.05) is 11.8 Å². The Morgan fingerprint density at radius 2 is 1.92 bits per heavy atom. The molecule has 0 aliphatic carbocycles. The number of piperazine rings is 1. The molecule has 8 nitrogen and oxygen atoms in total. The normalized spacial score (nSPS) is 20.1. The highest BCUT2D eigenvalue weighted by Gasteiger charge is 2.39. The van der Waals surface area contributed by atoms with Crippen LogP contribution in [-0.2, 0) is 9.53 Å². The fraction of sp³-hybridized carbons (Fsp3) is 0.345. The fourth-order valence-corrected chi connectivity index (χ4v) is 5.06. The summed E-state index contributed by atoms with van der Waals surface area (Å²) in [6, 6.07) is 9.98. The number of carbonyl (C=O) groups excluding carboxylic acids is 3. The zero-order valence-corrected chi connectivity index (χ0v) is 22.0. The van der Waals surface area contributed by atoms with E-state index in [2.05, 4.69) is 11.9 Å². The summed E-state index contributed by atoms with van der Waals surface area (Å²) in [7, 11) is 0. The molecular formula is C29H32F2N4O4. The van der Waals surface area contributed by atoms with Gasteiger partial charge in [0, 0.05) is 44.5 Å². The maximum Gasteiger partial charge on any atom is 0.338 e. The Morgan fingerprint density at radius 3 is 2.59 bits per heavy atom. The number of benzene rings is 2. The second-order valence-electron chi connectivity index (χ2n) is 9.48. The zero-order chi connectivity index (χ0) is 28.1. The van der Waals surface area contributed by atoms with Crippen molar-refractivity contribution in [1.29, 1.82) is 0 Å². The lowest BCUT2D eigenvalue weighted by atomic mass is 9.93. The first-order chi connectivity index (χ1) is 18.7. The van der Waals surface area contributed by atoms with Gasteiger partial charge < -0.3 is 15.0 Å². The van der Waals surface area contributed by atoms with Crippen LogP contribution in [0.4, 0.5) is 13.6 Å². The van der Waals surface area contributed by atoms with Gasteiger partial charge in [0.05, 0.1) is 23.8 Å². The molecule has 3 amide bonds. The Kier molecular flexibility index (Phi) is 8.75. The van der Waals surface area contributed by atoms with E-state index in [0.29, 0.717) is 30.9 Å². The van der Waals surface area contributed by atoms with Gasteiger partial charge in [-0.05, 0) is 43.7 Å². The molecule has 10 heteroatoms. The molecule has 0 aromatic heterocycles. The molecule has 2 aromatic carbocycles. The number of rotatable bonds is 8. The minimum atomic E-state index is -0.912. The molecule has 4 rings (SSSR count). The number of carbonyl (C=O) groups is 3. The van der Waals surface area contributed by atoms with E-state index in [1.54, 1.807) is 30.0 Å². The van der Waals surface area contributed by atoms with Gasteiger partial charge in [0.2, 0.25) is 0 Å². The first-order valence-electron chi connectivity index (χ1n) is 12.9. The number of hydrogen-bond acceptors (Lipinski definition) is 5. The van der Waals surface area contributed by atoms with E-state index in [1.165, 1.54) is 41.3 Å². The van der Waals surface area contributed by atoms with Gasteiger partial charge in [-0.25, -0.2) is 18.4 Å². The van der Waals surface area contributed by atoms with E-state index in [9.17, 15) is 23.2 Å². The zero-order valence-electron chi connectivity index (χ0n) is 22.0. The molecule has 1 N–H and O–H groups in total. The van der Waals surface area contributed by atoms with Crippen LogP contribution in [-0.4, -0.2) is 78.0 Å². The summed E-state index contributed by atoms with van der Waals surface area (Å²) in [6.45, 7) is 8.95. The lowest BCUT2D eigenvalue weighted by molar-refractivity contribution is -0.139. The number of esters is 1. The maximum atomic E-state index is 14.3. The topological polar surface area (TPSA) is 82.2 Å². The molecule has 2 unspecified atom stereocenters. The van der Waals surface area contributed by atoms with E-state index >= 15 is 0 Å². The van der Waals surface area contributed by atoms with Crippen molar-refractivity contribution in [3.63, 3.8) is 0 Å². The van der Waals surface area contributed by atoms with Crippen LogP contribution in [0.25, 0.3) is 0 Å². The number of hydrogen-bond donors (Lipinski definition) is 1. The van der Waals surface area contributed by atoms with Gasteiger partial charge >= 0.3 is 12.0 Å². The molecule has 2 heterocycles. The van der Waals surface area contributed by atoms with Crippen molar-refractivity contribution >= 4 is 17.9 Å². The number of urea groups is 1. The highest BCUT2D eigenvalue weighted by atomic mass is 19.1. The van der Waals surface area contributed by atoms with Crippen LogP contribution >= 0.6 is 0 Å². The second kappa shape index (κ2) is 12.2. The Labute approximate surface area is 226 Å². The van der Waals surface area contributed by atoms with Gasteiger partial charge in [0.1, 0.15) is 11.6 Å². The molecule has 39 heavy (non-hydrogen) atoms. The smallest absolute Gasteiger partial charge is 0.338 e. The largest absolute Gasteiger partial charge is 0.463 e. The lowest BCUT2D eigenvalue weighted by Crippen LogP contribution is -2.56. The Balaban J connectivity index is 1.66. The first kappa shape index (κ1) is 28.0. The summed E-state index contributed by atoms with van der Waals surface area (Å²) in [5.41, 5.74) is 1.06. The standard InChI is InChI=1S/C29H32F2N4O4/c1-4-13-35-24(18-33-14-15-34(19(3)17-33)27(36)22-11-6-7-12-23(22)31)25(28(37)39-5-2)26(32-29(35)38)20-9-8-10-21(30)16-20/h4,6-12,16,19,26H,1,5,13-15,17-18H2,2-3H3,(H,32,38). The van der Waals surface area contributed by atoms with Gasteiger partial charge in [-0.15, -0.1) is 6.58 Å². The molecular weight excluding hydrogens is 506 g/mol. The molecule has 206 valence electrons. The van der Waals surface area contributed by atoms with Crippen LogP contribution < -0.4 is 5.32 Å². The molecule has 0 bridgehead atoms. The van der Waals surface area contributed by atoms with Crippen molar-refractivity contribution in [2.24, 2.45) is 0 Å². The summed E-state index contributed by atoms with van der Waals surface area (Å²) < 4.78 is 33.8. The van der Waals surface area contributed by atoms with Crippen LogP contribution in [0, 0.1) is 11.6 Å².